The molecule has 0 radical (unpaired) electrons. The van der Waals surface area contributed by atoms with Crippen molar-refractivity contribution < 1.29 is 13.4 Å². The highest BCUT2D eigenvalue weighted by Gasteiger charge is 2.37. The van der Waals surface area contributed by atoms with Gasteiger partial charge in [-0.05, 0) is 88.6 Å². The van der Waals surface area contributed by atoms with E-state index in [0.29, 0.717) is 13.2 Å². The van der Waals surface area contributed by atoms with E-state index in [9.17, 15) is 4.21 Å². The molecule has 0 fully saturated rings. The molecule has 0 saturated carbocycles. The summed E-state index contributed by atoms with van der Waals surface area (Å²) in [6.45, 7) is 22.2. The summed E-state index contributed by atoms with van der Waals surface area (Å²) in [6, 6.07) is 16.0. The van der Waals surface area contributed by atoms with Gasteiger partial charge in [-0.2, -0.15) is 5.10 Å². The third-order valence-corrected chi connectivity index (χ3v) is 14.2. The molecule has 4 rings (SSSR count). The molecule has 0 unspecified atom stereocenters. The molecule has 0 bridgehead atoms. The van der Waals surface area contributed by atoms with Crippen molar-refractivity contribution in [3.05, 3.63) is 66.1 Å². The average Bonchev–Trinajstić information content (AvgIpc) is 3.39. The lowest BCUT2D eigenvalue weighted by Crippen LogP contribution is -2.40. The van der Waals surface area contributed by atoms with Crippen molar-refractivity contribution in [2.75, 3.05) is 6.61 Å². The van der Waals surface area contributed by atoms with Crippen LogP contribution in [0.5, 0.6) is 5.75 Å². The van der Waals surface area contributed by atoms with E-state index >= 15 is 0 Å². The molecule has 44 heavy (non-hydrogen) atoms. The first-order valence-corrected chi connectivity index (χ1v) is 19.6. The minimum absolute atomic E-state index is 0.122. The number of rotatable bonds is 12. The number of hydrogen-bond donors (Lipinski definition) is 1. The molecule has 0 spiro atoms. The number of pyridine rings is 2. The first-order valence-electron chi connectivity index (χ1n) is 15.5. The molecule has 2 atom stereocenters. The molecule has 0 aliphatic rings. The van der Waals surface area contributed by atoms with Gasteiger partial charge in [0.2, 0.25) is 0 Å². The van der Waals surface area contributed by atoms with Crippen LogP contribution in [-0.4, -0.2) is 43.6 Å². The molecule has 0 saturated heterocycles. The Hall–Kier alpha value is -2.92. The first-order chi connectivity index (χ1) is 20.6. The van der Waals surface area contributed by atoms with Crippen molar-refractivity contribution in [3.8, 4) is 22.8 Å². The number of nitrogens with zero attached hydrogens (tertiary/aromatic N) is 4. The van der Waals surface area contributed by atoms with Gasteiger partial charge in [0.05, 0.1) is 69.2 Å². The molecule has 3 aromatic heterocycles. The molecule has 3 heterocycles. The summed E-state index contributed by atoms with van der Waals surface area (Å²) < 4.78 is 30.3. The van der Waals surface area contributed by atoms with Crippen LogP contribution in [0.2, 0.25) is 18.1 Å². The van der Waals surface area contributed by atoms with Gasteiger partial charge in [0.1, 0.15) is 5.75 Å². The monoisotopic (exact) mass is 635 g/mol. The zero-order chi connectivity index (χ0) is 32.3. The summed E-state index contributed by atoms with van der Waals surface area (Å²) >= 11 is 0. The van der Waals surface area contributed by atoms with Gasteiger partial charge in [0.25, 0.3) is 0 Å². The summed E-state index contributed by atoms with van der Waals surface area (Å²) in [5, 5.41) is 5.76. The predicted molar refractivity (Wildman–Crippen MR) is 184 cm³/mol. The van der Waals surface area contributed by atoms with Crippen LogP contribution in [0.15, 0.2) is 54.7 Å². The fourth-order valence-corrected chi connectivity index (χ4v) is 6.30. The second-order valence-corrected chi connectivity index (χ2v) is 20.5. The number of nitrogens with one attached hydrogen (secondary N) is 1. The van der Waals surface area contributed by atoms with Crippen molar-refractivity contribution in [1.29, 1.82) is 0 Å². The van der Waals surface area contributed by atoms with Crippen LogP contribution in [0.4, 0.5) is 0 Å². The van der Waals surface area contributed by atoms with Gasteiger partial charge in [-0.3, -0.25) is 4.98 Å². The molecule has 1 aromatic carbocycles. The standard InChI is InChI=1S/C34H49N5O3SSi/c1-11-15-29(38-43(40)33(3,4)5)28-18-14-17-27(37-28)24-20-30-26(31(21-24)41-12-2)22-35-39(30)32-19-13-16-25(36-32)23-42-44(9,10)34(6,7)8/h13-14,16-22,29,38H,11-12,15,23H2,1-10H3/t29-,43+/m0/s1. The normalized spacial score (nSPS) is 14.1. The Labute approximate surface area is 266 Å². The largest absolute Gasteiger partial charge is 0.493 e. The SMILES string of the molecule is CCC[C@H](N[S@](=O)C(C)(C)C)c1cccc(-c2cc(OCC)c3cnn(-c4cccc(CO[Si](C)(C)C(C)(C)C)n4)c3c2)n1. The van der Waals surface area contributed by atoms with Crippen LogP contribution in [0.3, 0.4) is 0 Å². The van der Waals surface area contributed by atoms with E-state index in [4.69, 9.17) is 24.2 Å². The van der Waals surface area contributed by atoms with Crippen molar-refractivity contribution in [2.45, 2.75) is 104 Å². The number of aromatic nitrogens is 4. The molecule has 10 heteroatoms. The maximum absolute atomic E-state index is 13.0. The maximum Gasteiger partial charge on any atom is 0.192 e. The van der Waals surface area contributed by atoms with E-state index in [2.05, 4.69) is 51.6 Å². The lowest BCUT2D eigenvalue weighted by atomic mass is 10.1. The topological polar surface area (TPSA) is 91.2 Å². The second kappa shape index (κ2) is 13.6. The van der Waals surface area contributed by atoms with Crippen LogP contribution < -0.4 is 9.46 Å². The highest BCUT2D eigenvalue weighted by atomic mass is 32.2. The van der Waals surface area contributed by atoms with Crippen LogP contribution >= 0.6 is 0 Å². The summed E-state index contributed by atoms with van der Waals surface area (Å²) in [7, 11) is -3.13. The van der Waals surface area contributed by atoms with E-state index in [0.717, 1.165) is 58.0 Å². The molecule has 0 aliphatic heterocycles. The van der Waals surface area contributed by atoms with Crippen LogP contribution in [-0.2, 0) is 22.0 Å². The molecule has 1 N–H and O–H groups in total. The van der Waals surface area contributed by atoms with Gasteiger partial charge in [-0.15, -0.1) is 0 Å². The average molecular weight is 636 g/mol. The molecule has 8 nitrogen and oxygen atoms in total. The number of fused-ring (bicyclic) bond motifs is 1. The van der Waals surface area contributed by atoms with Crippen LogP contribution in [0.1, 0.15) is 85.7 Å². The van der Waals surface area contributed by atoms with Crippen molar-refractivity contribution >= 4 is 30.2 Å². The second-order valence-electron chi connectivity index (χ2n) is 13.7. The minimum Gasteiger partial charge on any atom is -0.493 e. The van der Waals surface area contributed by atoms with Crippen molar-refractivity contribution in [1.82, 2.24) is 24.5 Å². The van der Waals surface area contributed by atoms with E-state index in [1.807, 2.05) is 81.0 Å². The summed E-state index contributed by atoms with van der Waals surface area (Å²) in [6.07, 6.45) is 3.60. The van der Waals surface area contributed by atoms with E-state index in [1.54, 1.807) is 0 Å². The number of hydrogen-bond acceptors (Lipinski definition) is 6. The third kappa shape index (κ3) is 7.83. The summed E-state index contributed by atoms with van der Waals surface area (Å²) in [5.41, 5.74) is 4.34. The highest BCUT2D eigenvalue weighted by Crippen LogP contribution is 2.37. The van der Waals surface area contributed by atoms with Crippen molar-refractivity contribution in [2.24, 2.45) is 0 Å². The van der Waals surface area contributed by atoms with Gasteiger partial charge in [-0.25, -0.2) is 18.6 Å². The Morgan fingerprint density at radius 1 is 1.00 bits per heavy atom. The Bertz CT molecular complexity index is 1610. The Kier molecular flexibility index (Phi) is 10.5. The fraction of sp³-hybridized carbons (Fsp3) is 0.500. The zero-order valence-electron chi connectivity index (χ0n) is 28.0. The fourth-order valence-electron chi connectivity index (χ4n) is 4.50. The van der Waals surface area contributed by atoms with E-state index in [1.165, 1.54) is 0 Å². The number of benzene rings is 1. The van der Waals surface area contributed by atoms with Gasteiger partial charge in [0.15, 0.2) is 14.1 Å². The Balaban J connectivity index is 1.73. The Morgan fingerprint density at radius 2 is 1.73 bits per heavy atom. The zero-order valence-corrected chi connectivity index (χ0v) is 29.8. The molecule has 4 aromatic rings. The molecule has 238 valence electrons. The summed E-state index contributed by atoms with van der Waals surface area (Å²) in [5.74, 6) is 1.46. The maximum atomic E-state index is 13.0. The highest BCUT2D eigenvalue weighted by molar-refractivity contribution is 7.84. The van der Waals surface area contributed by atoms with Gasteiger partial charge in [0, 0.05) is 5.56 Å². The van der Waals surface area contributed by atoms with Gasteiger partial charge >= 0.3 is 0 Å². The molecular weight excluding hydrogens is 587 g/mol. The minimum atomic E-state index is -1.92. The van der Waals surface area contributed by atoms with Gasteiger partial charge < -0.3 is 9.16 Å². The summed E-state index contributed by atoms with van der Waals surface area (Å²) in [4.78, 5) is 10.0. The van der Waals surface area contributed by atoms with Crippen LogP contribution in [0, 0.1) is 0 Å². The predicted octanol–water partition coefficient (Wildman–Crippen LogP) is 8.30. The van der Waals surface area contributed by atoms with E-state index in [-0.39, 0.29) is 15.8 Å². The molecule has 0 aliphatic carbocycles. The third-order valence-electron chi connectivity index (χ3n) is 8.15. The molecular formula is C34H49N5O3SSi. The quantitative estimate of drug-likeness (QED) is 0.158. The van der Waals surface area contributed by atoms with Gasteiger partial charge in [-0.1, -0.05) is 46.2 Å². The lowest BCUT2D eigenvalue weighted by molar-refractivity contribution is 0.272. The lowest BCUT2D eigenvalue weighted by Gasteiger charge is -2.36. The van der Waals surface area contributed by atoms with Crippen LogP contribution in [0.25, 0.3) is 28.0 Å². The Morgan fingerprint density at radius 3 is 2.39 bits per heavy atom. The van der Waals surface area contributed by atoms with E-state index < -0.39 is 19.3 Å². The first kappa shape index (κ1) is 34.0. The number of ether oxygens (including phenoxy) is 1. The molecule has 0 amide bonds. The smallest absolute Gasteiger partial charge is 0.192 e. The van der Waals surface area contributed by atoms with Crippen molar-refractivity contribution in [3.63, 3.8) is 0 Å².